The average molecular weight is 347 g/mol. The molecule has 6 nitrogen and oxygen atoms in total. The molecule has 1 aliphatic heterocycles. The summed E-state index contributed by atoms with van der Waals surface area (Å²) in [7, 11) is 0. The zero-order chi connectivity index (χ0) is 18.0. The molecule has 3 rings (SSSR count). The van der Waals surface area contributed by atoms with Crippen LogP contribution in [0.25, 0.3) is 0 Å². The van der Waals surface area contributed by atoms with Gasteiger partial charge in [0.25, 0.3) is 5.91 Å². The molecular weight excluding hydrogens is 318 g/mol. The van der Waals surface area contributed by atoms with Crippen LogP contribution in [0, 0.1) is 13.8 Å². The van der Waals surface area contributed by atoms with E-state index in [0.717, 1.165) is 51.3 Å². The standard InChI is InChI=1S/C19H29N3O3/c1-4-20-9-11-21(12-10-20)18(23)7-8-22(16-5-6-16)19(24)17-13-14(2)25-15(17)3/h13,16H,4-12H2,1-3H3. The lowest BCUT2D eigenvalue weighted by Gasteiger charge is -2.34. The van der Waals surface area contributed by atoms with Crippen LogP contribution in [0.3, 0.4) is 0 Å². The Bertz CT molecular complexity index is 628. The van der Waals surface area contributed by atoms with Gasteiger partial charge in [-0.2, -0.15) is 0 Å². The predicted octanol–water partition coefficient (Wildman–Crippen LogP) is 2.06. The predicted molar refractivity (Wildman–Crippen MR) is 95.6 cm³/mol. The second kappa shape index (κ2) is 7.60. The van der Waals surface area contributed by atoms with Crippen molar-refractivity contribution in [1.29, 1.82) is 0 Å². The molecule has 1 saturated heterocycles. The van der Waals surface area contributed by atoms with Gasteiger partial charge in [-0.25, -0.2) is 0 Å². The van der Waals surface area contributed by atoms with E-state index in [4.69, 9.17) is 4.42 Å². The Morgan fingerprint density at radius 1 is 1.20 bits per heavy atom. The molecule has 0 unspecified atom stereocenters. The summed E-state index contributed by atoms with van der Waals surface area (Å²) in [5.41, 5.74) is 0.633. The molecule has 0 radical (unpaired) electrons. The van der Waals surface area contributed by atoms with Crippen molar-refractivity contribution in [3.05, 3.63) is 23.2 Å². The number of hydrogen-bond acceptors (Lipinski definition) is 4. The van der Waals surface area contributed by atoms with Crippen LogP contribution in [0.5, 0.6) is 0 Å². The van der Waals surface area contributed by atoms with Gasteiger partial charge in [0.05, 0.1) is 5.56 Å². The second-order valence-corrected chi connectivity index (χ2v) is 7.12. The molecule has 2 amide bonds. The van der Waals surface area contributed by atoms with Gasteiger partial charge in [-0.05, 0) is 39.3 Å². The first-order valence-corrected chi connectivity index (χ1v) is 9.37. The van der Waals surface area contributed by atoms with Crippen LogP contribution >= 0.6 is 0 Å². The first kappa shape index (κ1) is 18.0. The molecule has 1 aromatic rings. The van der Waals surface area contributed by atoms with Gasteiger partial charge in [0.1, 0.15) is 11.5 Å². The number of amides is 2. The number of nitrogens with zero attached hydrogens (tertiary/aromatic N) is 3. The quantitative estimate of drug-likeness (QED) is 0.790. The molecule has 0 aromatic carbocycles. The molecule has 2 heterocycles. The lowest BCUT2D eigenvalue weighted by Crippen LogP contribution is -2.49. The number of carbonyl (C=O) groups is 2. The van der Waals surface area contributed by atoms with Gasteiger partial charge in [-0.3, -0.25) is 9.59 Å². The van der Waals surface area contributed by atoms with Gasteiger partial charge in [-0.1, -0.05) is 6.92 Å². The van der Waals surface area contributed by atoms with Gasteiger partial charge < -0.3 is 19.1 Å². The van der Waals surface area contributed by atoms with Crippen molar-refractivity contribution < 1.29 is 14.0 Å². The molecule has 0 N–H and O–H groups in total. The van der Waals surface area contributed by atoms with Gasteiger partial charge >= 0.3 is 0 Å². The van der Waals surface area contributed by atoms with Crippen LogP contribution < -0.4 is 0 Å². The molecule has 138 valence electrons. The number of rotatable bonds is 6. The highest BCUT2D eigenvalue weighted by Gasteiger charge is 2.34. The molecule has 6 heteroatoms. The highest BCUT2D eigenvalue weighted by atomic mass is 16.3. The van der Waals surface area contributed by atoms with Crippen molar-refractivity contribution in [2.45, 2.75) is 46.1 Å². The summed E-state index contributed by atoms with van der Waals surface area (Å²) in [6, 6.07) is 2.09. The van der Waals surface area contributed by atoms with Crippen LogP contribution in [0.4, 0.5) is 0 Å². The average Bonchev–Trinajstić information content (AvgIpc) is 3.38. The third kappa shape index (κ3) is 4.24. The number of piperazine rings is 1. The highest BCUT2D eigenvalue weighted by molar-refractivity contribution is 5.96. The fourth-order valence-corrected chi connectivity index (χ4v) is 3.52. The molecule has 0 spiro atoms. The van der Waals surface area contributed by atoms with E-state index in [2.05, 4.69) is 11.8 Å². The van der Waals surface area contributed by atoms with Crippen molar-refractivity contribution in [3.63, 3.8) is 0 Å². The Labute approximate surface area is 149 Å². The molecule has 1 aromatic heterocycles. The maximum Gasteiger partial charge on any atom is 0.257 e. The number of carbonyl (C=O) groups excluding carboxylic acids is 2. The van der Waals surface area contributed by atoms with Crippen molar-refractivity contribution in [2.75, 3.05) is 39.3 Å². The lowest BCUT2D eigenvalue weighted by molar-refractivity contribution is -0.133. The molecule has 0 bridgehead atoms. The zero-order valence-electron chi connectivity index (χ0n) is 15.6. The molecular formula is C19H29N3O3. The minimum Gasteiger partial charge on any atom is -0.466 e. The Morgan fingerprint density at radius 3 is 2.40 bits per heavy atom. The Hall–Kier alpha value is -1.82. The fourth-order valence-electron chi connectivity index (χ4n) is 3.52. The first-order valence-electron chi connectivity index (χ1n) is 9.37. The third-order valence-electron chi connectivity index (χ3n) is 5.26. The maximum absolute atomic E-state index is 12.9. The van der Waals surface area contributed by atoms with Crippen LogP contribution in [-0.2, 0) is 4.79 Å². The summed E-state index contributed by atoms with van der Waals surface area (Å²) in [5, 5.41) is 0. The van der Waals surface area contributed by atoms with Crippen LogP contribution in [0.1, 0.15) is 48.1 Å². The number of hydrogen-bond donors (Lipinski definition) is 0. The van der Waals surface area contributed by atoms with Gasteiger partial charge in [0, 0.05) is 45.2 Å². The van der Waals surface area contributed by atoms with Crippen molar-refractivity contribution in [3.8, 4) is 0 Å². The first-order chi connectivity index (χ1) is 12.0. The SMILES string of the molecule is CCN1CCN(C(=O)CCN(C(=O)c2cc(C)oc2C)C2CC2)CC1. The van der Waals surface area contributed by atoms with Gasteiger partial charge in [0.15, 0.2) is 0 Å². The summed E-state index contributed by atoms with van der Waals surface area (Å²) in [6.45, 7) is 10.8. The van der Waals surface area contributed by atoms with Crippen LogP contribution in [0.15, 0.2) is 10.5 Å². The van der Waals surface area contributed by atoms with E-state index in [-0.39, 0.29) is 17.9 Å². The molecule has 0 atom stereocenters. The summed E-state index contributed by atoms with van der Waals surface area (Å²) in [5.74, 6) is 1.58. The minimum absolute atomic E-state index is 0.000419. The van der Waals surface area contributed by atoms with E-state index in [9.17, 15) is 9.59 Å². The van der Waals surface area contributed by atoms with Crippen LogP contribution in [-0.4, -0.2) is 71.8 Å². The van der Waals surface area contributed by atoms with E-state index in [1.807, 2.05) is 23.6 Å². The third-order valence-corrected chi connectivity index (χ3v) is 5.26. The molecule has 25 heavy (non-hydrogen) atoms. The van der Waals surface area contributed by atoms with E-state index in [0.29, 0.717) is 24.3 Å². The monoisotopic (exact) mass is 347 g/mol. The summed E-state index contributed by atoms with van der Waals surface area (Å²) >= 11 is 0. The number of aryl methyl sites for hydroxylation is 2. The van der Waals surface area contributed by atoms with E-state index < -0.39 is 0 Å². The van der Waals surface area contributed by atoms with Gasteiger partial charge in [0.2, 0.25) is 5.91 Å². The van der Waals surface area contributed by atoms with E-state index in [1.54, 1.807) is 6.07 Å². The lowest BCUT2D eigenvalue weighted by atomic mass is 10.2. The zero-order valence-corrected chi connectivity index (χ0v) is 15.6. The molecule has 2 aliphatic rings. The van der Waals surface area contributed by atoms with Crippen molar-refractivity contribution in [2.24, 2.45) is 0 Å². The summed E-state index contributed by atoms with van der Waals surface area (Å²) in [4.78, 5) is 31.6. The topological polar surface area (TPSA) is 57.0 Å². The van der Waals surface area contributed by atoms with E-state index >= 15 is 0 Å². The smallest absolute Gasteiger partial charge is 0.257 e. The normalized spacial score (nSPS) is 18.4. The van der Waals surface area contributed by atoms with Crippen molar-refractivity contribution in [1.82, 2.24) is 14.7 Å². The van der Waals surface area contributed by atoms with E-state index in [1.165, 1.54) is 0 Å². The summed E-state index contributed by atoms with van der Waals surface area (Å²) < 4.78 is 5.50. The van der Waals surface area contributed by atoms with Gasteiger partial charge in [-0.15, -0.1) is 0 Å². The largest absolute Gasteiger partial charge is 0.466 e. The Balaban J connectivity index is 1.57. The number of likely N-dealkylation sites (N-methyl/N-ethyl adjacent to an activating group) is 1. The minimum atomic E-state index is 0.000419. The molecule has 2 fully saturated rings. The van der Waals surface area contributed by atoms with Crippen LogP contribution in [0.2, 0.25) is 0 Å². The maximum atomic E-state index is 12.9. The Morgan fingerprint density at radius 2 is 1.88 bits per heavy atom. The Kier molecular flexibility index (Phi) is 5.47. The van der Waals surface area contributed by atoms with Crippen molar-refractivity contribution >= 4 is 11.8 Å². The highest BCUT2D eigenvalue weighted by Crippen LogP contribution is 2.29. The number of furan rings is 1. The second-order valence-electron chi connectivity index (χ2n) is 7.12. The molecule has 1 aliphatic carbocycles. The summed E-state index contributed by atoms with van der Waals surface area (Å²) in [6.07, 6.45) is 2.47. The fraction of sp³-hybridized carbons (Fsp3) is 0.684. The molecule has 1 saturated carbocycles.